The van der Waals surface area contributed by atoms with Crippen LogP contribution >= 0.6 is 11.6 Å². The number of rotatable bonds is 4. The molecule has 3 rings (SSSR count). The van der Waals surface area contributed by atoms with E-state index >= 15 is 0 Å². The highest BCUT2D eigenvalue weighted by Crippen LogP contribution is 2.31. The van der Waals surface area contributed by atoms with Gasteiger partial charge in [0.1, 0.15) is 17.6 Å². The Morgan fingerprint density at radius 2 is 2.08 bits per heavy atom. The molecule has 26 heavy (non-hydrogen) atoms. The number of para-hydroxylation sites is 1. The molecule has 1 unspecified atom stereocenters. The van der Waals surface area contributed by atoms with Gasteiger partial charge in [-0.15, -0.1) is 0 Å². The average molecular weight is 370 g/mol. The number of nitrogens with zero attached hydrogens (tertiary/aromatic N) is 1. The minimum absolute atomic E-state index is 0.0699. The summed E-state index contributed by atoms with van der Waals surface area (Å²) >= 11 is 6.23. The maximum Gasteiger partial charge on any atom is 0.251 e. The van der Waals surface area contributed by atoms with Crippen LogP contribution in [-0.2, 0) is 4.79 Å². The van der Waals surface area contributed by atoms with E-state index < -0.39 is 0 Å². The van der Waals surface area contributed by atoms with Crippen molar-refractivity contribution in [2.45, 2.75) is 18.9 Å². The summed E-state index contributed by atoms with van der Waals surface area (Å²) in [5, 5.41) is 14.9. The molecule has 0 spiro atoms. The van der Waals surface area contributed by atoms with Crippen molar-refractivity contribution in [3.8, 4) is 17.6 Å². The summed E-state index contributed by atoms with van der Waals surface area (Å²) < 4.78 is 5.69. The van der Waals surface area contributed by atoms with Gasteiger partial charge in [0.05, 0.1) is 10.6 Å². The molecular formula is C19H16ClN3O3. The molecule has 0 aliphatic carbocycles. The Bertz CT molecular complexity index is 892. The Labute approximate surface area is 155 Å². The summed E-state index contributed by atoms with van der Waals surface area (Å²) in [4.78, 5) is 23.7. The predicted molar refractivity (Wildman–Crippen MR) is 96.2 cm³/mol. The molecule has 2 amide bonds. The van der Waals surface area contributed by atoms with E-state index in [4.69, 9.17) is 21.6 Å². The van der Waals surface area contributed by atoms with Gasteiger partial charge in [0.2, 0.25) is 5.91 Å². The van der Waals surface area contributed by atoms with E-state index in [1.165, 1.54) is 6.07 Å². The number of carbonyl (C=O) groups excluding carboxylic acids is 2. The first kappa shape index (κ1) is 17.8. The molecule has 0 bridgehead atoms. The highest BCUT2D eigenvalue weighted by Gasteiger charge is 2.21. The van der Waals surface area contributed by atoms with Crippen LogP contribution in [-0.4, -0.2) is 24.4 Å². The SMILES string of the molecule is N#Cc1ccccc1Oc1ccc(C(=O)NC2CCNC(=O)C2)cc1Cl. The van der Waals surface area contributed by atoms with Crippen LogP contribution in [0.25, 0.3) is 0 Å². The minimum atomic E-state index is -0.296. The summed E-state index contributed by atoms with van der Waals surface area (Å²) in [5.74, 6) is 0.375. The Hall–Kier alpha value is -3.04. The lowest BCUT2D eigenvalue weighted by Gasteiger charge is -2.23. The van der Waals surface area contributed by atoms with Gasteiger partial charge in [0.15, 0.2) is 0 Å². The predicted octanol–water partition coefficient (Wildman–Crippen LogP) is 3.01. The topological polar surface area (TPSA) is 91.2 Å². The number of nitrogens with one attached hydrogen (secondary N) is 2. The third kappa shape index (κ3) is 4.13. The third-order valence-electron chi connectivity index (χ3n) is 4.00. The fourth-order valence-electron chi connectivity index (χ4n) is 2.67. The van der Waals surface area contributed by atoms with Gasteiger partial charge in [-0.05, 0) is 36.8 Å². The summed E-state index contributed by atoms with van der Waals surface area (Å²) in [6, 6.07) is 13.4. The van der Waals surface area contributed by atoms with Crippen molar-refractivity contribution in [2.24, 2.45) is 0 Å². The second-order valence-electron chi connectivity index (χ2n) is 5.87. The van der Waals surface area contributed by atoms with Crippen molar-refractivity contribution in [1.82, 2.24) is 10.6 Å². The molecule has 0 saturated carbocycles. The monoisotopic (exact) mass is 369 g/mol. The molecule has 132 valence electrons. The molecule has 2 aromatic rings. The number of halogens is 1. The maximum absolute atomic E-state index is 12.4. The molecule has 1 saturated heterocycles. The third-order valence-corrected chi connectivity index (χ3v) is 4.30. The Morgan fingerprint density at radius 1 is 1.27 bits per heavy atom. The molecular weight excluding hydrogens is 354 g/mol. The van der Waals surface area contributed by atoms with E-state index in [9.17, 15) is 9.59 Å². The second kappa shape index (κ2) is 7.89. The fourth-order valence-corrected chi connectivity index (χ4v) is 2.89. The summed E-state index contributed by atoms with van der Waals surface area (Å²) in [5.41, 5.74) is 0.767. The largest absolute Gasteiger partial charge is 0.454 e. The van der Waals surface area contributed by atoms with Crippen molar-refractivity contribution in [2.75, 3.05) is 6.54 Å². The number of nitriles is 1. The molecule has 7 heteroatoms. The van der Waals surface area contributed by atoms with Crippen molar-refractivity contribution >= 4 is 23.4 Å². The smallest absolute Gasteiger partial charge is 0.251 e. The summed E-state index contributed by atoms with van der Waals surface area (Å²) in [7, 11) is 0. The van der Waals surface area contributed by atoms with Gasteiger partial charge < -0.3 is 15.4 Å². The number of piperidine rings is 1. The molecule has 1 fully saturated rings. The van der Waals surface area contributed by atoms with Crippen LogP contribution in [0.2, 0.25) is 5.02 Å². The zero-order chi connectivity index (χ0) is 18.5. The van der Waals surface area contributed by atoms with Crippen LogP contribution in [0.15, 0.2) is 42.5 Å². The van der Waals surface area contributed by atoms with Crippen molar-refractivity contribution in [3.63, 3.8) is 0 Å². The quantitative estimate of drug-likeness (QED) is 0.866. The van der Waals surface area contributed by atoms with Gasteiger partial charge in [-0.1, -0.05) is 23.7 Å². The van der Waals surface area contributed by atoms with Crippen molar-refractivity contribution in [1.29, 1.82) is 5.26 Å². The minimum Gasteiger partial charge on any atom is -0.454 e. The molecule has 2 aromatic carbocycles. The zero-order valence-electron chi connectivity index (χ0n) is 13.8. The molecule has 1 atom stereocenters. The Morgan fingerprint density at radius 3 is 2.81 bits per heavy atom. The standard InChI is InChI=1S/C19H16ClN3O3/c20-15-9-12(19(25)23-14-7-8-22-18(24)10-14)5-6-17(15)26-16-4-2-1-3-13(16)11-21/h1-6,9,14H,7-8,10H2,(H,22,24)(H,23,25). The van der Waals surface area contributed by atoms with Gasteiger partial charge in [-0.25, -0.2) is 0 Å². The van der Waals surface area contributed by atoms with Crippen LogP contribution in [0.4, 0.5) is 0 Å². The molecule has 6 nitrogen and oxygen atoms in total. The maximum atomic E-state index is 12.4. The van der Waals surface area contributed by atoms with Crippen LogP contribution in [0.5, 0.6) is 11.5 Å². The van der Waals surface area contributed by atoms with E-state index in [1.54, 1.807) is 36.4 Å². The highest BCUT2D eigenvalue weighted by molar-refractivity contribution is 6.32. The van der Waals surface area contributed by atoms with Crippen LogP contribution in [0.1, 0.15) is 28.8 Å². The first-order valence-electron chi connectivity index (χ1n) is 8.11. The molecule has 0 aromatic heterocycles. The van der Waals surface area contributed by atoms with E-state index in [2.05, 4.69) is 10.6 Å². The van der Waals surface area contributed by atoms with Gasteiger partial charge in [0.25, 0.3) is 5.91 Å². The van der Waals surface area contributed by atoms with Gasteiger partial charge in [-0.3, -0.25) is 9.59 Å². The molecule has 1 aliphatic heterocycles. The number of benzene rings is 2. The number of ether oxygens (including phenoxy) is 1. The molecule has 0 radical (unpaired) electrons. The number of carbonyl (C=O) groups is 2. The van der Waals surface area contributed by atoms with E-state index in [-0.39, 0.29) is 29.3 Å². The molecule has 1 heterocycles. The van der Waals surface area contributed by atoms with Crippen LogP contribution in [0.3, 0.4) is 0 Å². The van der Waals surface area contributed by atoms with Crippen LogP contribution < -0.4 is 15.4 Å². The van der Waals surface area contributed by atoms with Gasteiger partial charge >= 0.3 is 0 Å². The fraction of sp³-hybridized carbons (Fsp3) is 0.211. The first-order valence-corrected chi connectivity index (χ1v) is 8.48. The second-order valence-corrected chi connectivity index (χ2v) is 6.28. The van der Waals surface area contributed by atoms with Gasteiger partial charge in [0, 0.05) is 24.6 Å². The normalized spacial score (nSPS) is 16.3. The van der Waals surface area contributed by atoms with Crippen LogP contribution in [0, 0.1) is 11.3 Å². The molecule has 1 aliphatic rings. The van der Waals surface area contributed by atoms with E-state index in [1.807, 2.05) is 6.07 Å². The highest BCUT2D eigenvalue weighted by atomic mass is 35.5. The van der Waals surface area contributed by atoms with Crippen molar-refractivity contribution < 1.29 is 14.3 Å². The van der Waals surface area contributed by atoms with Gasteiger partial charge in [-0.2, -0.15) is 5.26 Å². The lowest BCUT2D eigenvalue weighted by molar-refractivity contribution is -0.122. The number of hydrogen-bond acceptors (Lipinski definition) is 4. The van der Waals surface area contributed by atoms with E-state index in [0.29, 0.717) is 35.6 Å². The lowest BCUT2D eigenvalue weighted by Crippen LogP contribution is -2.45. The summed E-state index contributed by atoms with van der Waals surface area (Å²) in [6.07, 6.45) is 0.961. The molecule has 2 N–H and O–H groups in total. The Balaban J connectivity index is 1.72. The Kier molecular flexibility index (Phi) is 5.40. The number of hydrogen-bond donors (Lipinski definition) is 2. The lowest BCUT2D eigenvalue weighted by atomic mass is 10.1. The van der Waals surface area contributed by atoms with E-state index in [0.717, 1.165) is 0 Å². The first-order chi connectivity index (χ1) is 12.6. The number of amides is 2. The summed E-state index contributed by atoms with van der Waals surface area (Å²) in [6.45, 7) is 0.551. The average Bonchev–Trinajstić information content (AvgIpc) is 2.63. The van der Waals surface area contributed by atoms with Crippen molar-refractivity contribution in [3.05, 3.63) is 58.6 Å². The zero-order valence-corrected chi connectivity index (χ0v) is 14.5.